The van der Waals surface area contributed by atoms with E-state index in [0.29, 0.717) is 12.6 Å². The SMILES string of the molecule is FC(F)(F)c1cnn(CCC2CCCCN2)c1. The number of nitrogens with zero attached hydrogens (tertiary/aromatic N) is 2. The van der Waals surface area contributed by atoms with E-state index < -0.39 is 11.7 Å². The zero-order chi connectivity index (χ0) is 12.3. The number of piperidine rings is 1. The third-order valence-corrected chi connectivity index (χ3v) is 3.08. The number of hydrogen-bond acceptors (Lipinski definition) is 2. The van der Waals surface area contributed by atoms with Crippen molar-refractivity contribution in [3.63, 3.8) is 0 Å². The topological polar surface area (TPSA) is 29.9 Å². The average molecular weight is 247 g/mol. The number of aromatic nitrogens is 2. The summed E-state index contributed by atoms with van der Waals surface area (Å²) in [6.45, 7) is 1.55. The van der Waals surface area contributed by atoms with Gasteiger partial charge in [-0.1, -0.05) is 6.42 Å². The molecule has 6 heteroatoms. The molecule has 3 nitrogen and oxygen atoms in total. The normalized spacial score (nSPS) is 21.7. The smallest absolute Gasteiger partial charge is 0.314 e. The Bertz CT molecular complexity index is 353. The molecule has 1 aliphatic heterocycles. The third kappa shape index (κ3) is 3.46. The lowest BCUT2D eigenvalue weighted by atomic mass is 10.0. The van der Waals surface area contributed by atoms with Crippen molar-refractivity contribution in [1.29, 1.82) is 0 Å². The maximum absolute atomic E-state index is 12.3. The van der Waals surface area contributed by atoms with Crippen LogP contribution in [0.5, 0.6) is 0 Å². The van der Waals surface area contributed by atoms with Crippen LogP contribution in [-0.4, -0.2) is 22.4 Å². The molecule has 0 radical (unpaired) electrons. The van der Waals surface area contributed by atoms with Crippen LogP contribution in [0.25, 0.3) is 0 Å². The molecule has 0 aromatic carbocycles. The molecule has 96 valence electrons. The molecule has 1 aliphatic rings. The molecule has 0 bridgehead atoms. The van der Waals surface area contributed by atoms with E-state index in [2.05, 4.69) is 10.4 Å². The van der Waals surface area contributed by atoms with Gasteiger partial charge in [-0.3, -0.25) is 4.68 Å². The maximum atomic E-state index is 12.3. The lowest BCUT2D eigenvalue weighted by Gasteiger charge is -2.23. The molecular formula is C11H16F3N3. The first kappa shape index (κ1) is 12.4. The molecule has 0 aliphatic carbocycles. The molecule has 17 heavy (non-hydrogen) atoms. The number of halogens is 3. The minimum Gasteiger partial charge on any atom is -0.314 e. The summed E-state index contributed by atoms with van der Waals surface area (Å²) >= 11 is 0. The largest absolute Gasteiger partial charge is 0.419 e. The number of nitrogens with one attached hydrogen (secondary N) is 1. The van der Waals surface area contributed by atoms with Crippen LogP contribution in [0.2, 0.25) is 0 Å². The first-order valence-electron chi connectivity index (χ1n) is 5.89. The molecule has 1 aromatic heterocycles. The Labute approximate surface area is 98.0 Å². The molecule has 0 saturated carbocycles. The maximum Gasteiger partial charge on any atom is 0.419 e. The molecule has 1 N–H and O–H groups in total. The Morgan fingerprint density at radius 2 is 2.24 bits per heavy atom. The van der Waals surface area contributed by atoms with Crippen molar-refractivity contribution in [3.05, 3.63) is 18.0 Å². The summed E-state index contributed by atoms with van der Waals surface area (Å²) < 4.78 is 38.4. The fourth-order valence-corrected chi connectivity index (χ4v) is 2.09. The van der Waals surface area contributed by atoms with Crippen LogP contribution >= 0.6 is 0 Å². The Morgan fingerprint density at radius 3 is 2.82 bits per heavy atom. The molecule has 1 aromatic rings. The van der Waals surface area contributed by atoms with Crippen molar-refractivity contribution in [3.8, 4) is 0 Å². The van der Waals surface area contributed by atoms with Gasteiger partial charge in [-0.25, -0.2) is 0 Å². The van der Waals surface area contributed by atoms with Crippen LogP contribution < -0.4 is 5.32 Å². The van der Waals surface area contributed by atoms with Gasteiger partial charge in [0, 0.05) is 18.8 Å². The first-order valence-corrected chi connectivity index (χ1v) is 5.89. The predicted molar refractivity (Wildman–Crippen MR) is 57.5 cm³/mol. The zero-order valence-electron chi connectivity index (χ0n) is 9.50. The van der Waals surface area contributed by atoms with Crippen LogP contribution in [0, 0.1) is 0 Å². The Hall–Kier alpha value is -1.04. The number of aryl methyl sites for hydroxylation is 1. The van der Waals surface area contributed by atoms with Crippen LogP contribution in [-0.2, 0) is 12.7 Å². The van der Waals surface area contributed by atoms with E-state index in [9.17, 15) is 13.2 Å². The van der Waals surface area contributed by atoms with Crippen LogP contribution in [0.15, 0.2) is 12.4 Å². The highest BCUT2D eigenvalue weighted by atomic mass is 19.4. The Morgan fingerprint density at radius 1 is 1.41 bits per heavy atom. The quantitative estimate of drug-likeness (QED) is 0.889. The molecule has 2 rings (SSSR count). The van der Waals surface area contributed by atoms with Gasteiger partial charge in [-0.2, -0.15) is 18.3 Å². The van der Waals surface area contributed by atoms with Crippen molar-refractivity contribution < 1.29 is 13.2 Å². The average Bonchev–Trinajstić information content (AvgIpc) is 2.76. The van der Waals surface area contributed by atoms with Crippen molar-refractivity contribution >= 4 is 0 Å². The highest BCUT2D eigenvalue weighted by molar-refractivity contribution is 5.08. The summed E-state index contributed by atoms with van der Waals surface area (Å²) in [5, 5.41) is 7.10. The lowest BCUT2D eigenvalue weighted by Crippen LogP contribution is -2.34. The number of alkyl halides is 3. The minimum atomic E-state index is -4.29. The Kier molecular flexibility index (Phi) is 3.71. The van der Waals surface area contributed by atoms with Gasteiger partial charge in [0.2, 0.25) is 0 Å². The van der Waals surface area contributed by atoms with Gasteiger partial charge in [0.15, 0.2) is 0 Å². The lowest BCUT2D eigenvalue weighted by molar-refractivity contribution is -0.137. The zero-order valence-corrected chi connectivity index (χ0v) is 9.50. The first-order chi connectivity index (χ1) is 8.05. The highest BCUT2D eigenvalue weighted by Gasteiger charge is 2.32. The van der Waals surface area contributed by atoms with Crippen LogP contribution in [0.3, 0.4) is 0 Å². The second-order valence-electron chi connectivity index (χ2n) is 4.43. The fraction of sp³-hybridized carbons (Fsp3) is 0.727. The minimum absolute atomic E-state index is 0.419. The predicted octanol–water partition coefficient (Wildman–Crippen LogP) is 2.43. The molecule has 0 amide bonds. The highest BCUT2D eigenvalue weighted by Crippen LogP contribution is 2.28. The summed E-state index contributed by atoms with van der Waals surface area (Å²) in [7, 11) is 0. The van der Waals surface area contributed by atoms with Crippen molar-refractivity contribution in [2.75, 3.05) is 6.54 Å². The van der Waals surface area contributed by atoms with Gasteiger partial charge < -0.3 is 5.32 Å². The van der Waals surface area contributed by atoms with Gasteiger partial charge in [-0.15, -0.1) is 0 Å². The Balaban J connectivity index is 1.84. The van der Waals surface area contributed by atoms with E-state index in [4.69, 9.17) is 0 Å². The summed E-state index contributed by atoms with van der Waals surface area (Å²) in [5.74, 6) is 0. The van der Waals surface area contributed by atoms with Gasteiger partial charge in [0.05, 0.1) is 11.8 Å². The van der Waals surface area contributed by atoms with Gasteiger partial charge in [-0.05, 0) is 25.8 Å². The summed E-state index contributed by atoms with van der Waals surface area (Å²) in [6.07, 6.45) is 1.99. The summed E-state index contributed by atoms with van der Waals surface area (Å²) in [4.78, 5) is 0. The van der Waals surface area contributed by atoms with E-state index in [0.717, 1.165) is 31.8 Å². The molecular weight excluding hydrogens is 231 g/mol. The number of hydrogen-bond donors (Lipinski definition) is 1. The molecule has 2 heterocycles. The van der Waals surface area contributed by atoms with Crippen molar-refractivity contribution in [1.82, 2.24) is 15.1 Å². The van der Waals surface area contributed by atoms with Gasteiger partial charge in [0.25, 0.3) is 0 Å². The molecule has 0 spiro atoms. The fourth-order valence-electron chi connectivity index (χ4n) is 2.09. The van der Waals surface area contributed by atoms with Gasteiger partial charge >= 0.3 is 6.18 Å². The van der Waals surface area contributed by atoms with E-state index in [1.54, 1.807) is 0 Å². The molecule has 1 saturated heterocycles. The molecule has 1 fully saturated rings. The summed E-state index contributed by atoms with van der Waals surface area (Å²) in [5.41, 5.74) is -0.672. The number of rotatable bonds is 3. The van der Waals surface area contributed by atoms with Crippen LogP contribution in [0.1, 0.15) is 31.2 Å². The van der Waals surface area contributed by atoms with Crippen molar-refractivity contribution in [2.45, 2.75) is 44.4 Å². The van der Waals surface area contributed by atoms with E-state index in [1.165, 1.54) is 17.5 Å². The standard InChI is InChI=1S/C11H16F3N3/c12-11(13,14)9-7-16-17(8-9)6-4-10-3-1-2-5-15-10/h7-8,10,15H,1-6H2. The van der Waals surface area contributed by atoms with E-state index in [1.807, 2.05) is 0 Å². The monoisotopic (exact) mass is 247 g/mol. The second kappa shape index (κ2) is 5.08. The molecule has 1 unspecified atom stereocenters. The molecule has 1 atom stereocenters. The van der Waals surface area contributed by atoms with Crippen molar-refractivity contribution in [2.24, 2.45) is 0 Å². The van der Waals surface area contributed by atoms with E-state index in [-0.39, 0.29) is 0 Å². The second-order valence-corrected chi connectivity index (χ2v) is 4.43. The van der Waals surface area contributed by atoms with Crippen LogP contribution in [0.4, 0.5) is 13.2 Å². The van der Waals surface area contributed by atoms with Gasteiger partial charge in [0.1, 0.15) is 0 Å². The third-order valence-electron chi connectivity index (χ3n) is 3.08. The van der Waals surface area contributed by atoms with E-state index >= 15 is 0 Å². The summed E-state index contributed by atoms with van der Waals surface area (Å²) in [6, 6.07) is 0.419.